The van der Waals surface area contributed by atoms with Crippen LogP contribution in [0.2, 0.25) is 0 Å². The number of rotatable bonds is 13. The van der Waals surface area contributed by atoms with Crippen molar-refractivity contribution in [3.63, 3.8) is 0 Å². The summed E-state index contributed by atoms with van der Waals surface area (Å²) < 4.78 is 13.7. The number of nitrogens with zero attached hydrogens (tertiary/aromatic N) is 2. The van der Waals surface area contributed by atoms with Crippen LogP contribution in [-0.4, -0.2) is 90.0 Å². The summed E-state index contributed by atoms with van der Waals surface area (Å²) in [5.41, 5.74) is 0.422. The highest BCUT2D eigenvalue weighted by atomic mass is 16.7. The van der Waals surface area contributed by atoms with Crippen LogP contribution in [-0.2, 0) is 18.9 Å². The number of piperidine rings is 1. The van der Waals surface area contributed by atoms with Gasteiger partial charge >= 0.3 is 7.12 Å². The van der Waals surface area contributed by atoms with Gasteiger partial charge in [0, 0.05) is 18.2 Å². The molecule has 4 aliphatic carbocycles. The topological polar surface area (TPSA) is 100 Å². The maximum absolute atomic E-state index is 15.1. The van der Waals surface area contributed by atoms with E-state index in [1.54, 1.807) is 0 Å². The van der Waals surface area contributed by atoms with Crippen molar-refractivity contribution in [3.05, 3.63) is 48.0 Å². The molecule has 2 aromatic rings. The van der Waals surface area contributed by atoms with E-state index in [1.165, 1.54) is 19.3 Å². The number of fused-ring (bicyclic) bond motifs is 1. The van der Waals surface area contributed by atoms with Crippen LogP contribution >= 0.6 is 0 Å². The Balaban J connectivity index is 1.04. The minimum absolute atomic E-state index is 0.0367. The number of unbranched alkanes of at least 4 members (excludes halogenated alkanes) is 2. The molecule has 2 aromatic carbocycles. The van der Waals surface area contributed by atoms with Crippen molar-refractivity contribution in [1.29, 1.82) is 0 Å². The molecule has 7 fully saturated rings. The van der Waals surface area contributed by atoms with Crippen molar-refractivity contribution in [1.82, 2.24) is 20.4 Å². The van der Waals surface area contributed by atoms with Crippen molar-refractivity contribution in [2.45, 2.75) is 166 Å². The summed E-state index contributed by atoms with van der Waals surface area (Å²) in [6, 6.07) is 12.6. The number of carbonyl (C=O) groups excluding carboxylic acids is 3. The van der Waals surface area contributed by atoms with Crippen LogP contribution in [0.4, 0.5) is 0 Å². The molecule has 3 amide bonds. The Bertz CT molecular complexity index is 1730. The molecule has 7 aliphatic rings. The molecule has 0 aromatic heterocycles. The first kappa shape index (κ1) is 39.9. The van der Waals surface area contributed by atoms with Gasteiger partial charge in [0.25, 0.3) is 5.91 Å². The van der Waals surface area contributed by atoms with Crippen LogP contribution < -0.4 is 10.6 Å². The monoisotopic (exact) mass is 767 g/mol. The molecule has 3 heterocycles. The molecule has 0 radical (unpaired) electrons. The SMILES string of the molecule is CCCCC[C@H](NC(=O)[C@@H]1C[C@@H](N2CCCCC2)CN1C(=O)[C@@H](CC1CCCCC1)NC(=O)c1ccc2ccccc2c1)B1O[C@@H]2C[C@@H]3C[C@@H](C3(C)C)[C@]2(C)O1. The van der Waals surface area contributed by atoms with E-state index in [0.29, 0.717) is 42.7 Å². The molecular formula is C46H67BN4O5. The van der Waals surface area contributed by atoms with Gasteiger partial charge in [-0.05, 0) is 111 Å². The summed E-state index contributed by atoms with van der Waals surface area (Å²) in [6.45, 7) is 11.7. The summed E-state index contributed by atoms with van der Waals surface area (Å²) in [6.07, 6.45) is 16.5. The molecule has 10 heteroatoms. The fourth-order valence-electron chi connectivity index (χ4n) is 11.8. The summed E-state index contributed by atoms with van der Waals surface area (Å²) in [7, 11) is -0.510. The average molecular weight is 767 g/mol. The summed E-state index contributed by atoms with van der Waals surface area (Å²) in [5.74, 6) is 0.676. The Morgan fingerprint density at radius 3 is 2.39 bits per heavy atom. The quantitative estimate of drug-likeness (QED) is 0.160. The first-order chi connectivity index (χ1) is 27.0. The van der Waals surface area contributed by atoms with Crippen LogP contribution in [0.15, 0.2) is 42.5 Å². The van der Waals surface area contributed by atoms with Gasteiger partial charge in [-0.25, -0.2) is 0 Å². The van der Waals surface area contributed by atoms with Crippen LogP contribution in [0.25, 0.3) is 10.8 Å². The molecule has 0 unspecified atom stereocenters. The lowest BCUT2D eigenvalue weighted by Gasteiger charge is -2.64. The highest BCUT2D eigenvalue weighted by molar-refractivity contribution is 6.48. The second kappa shape index (κ2) is 16.7. The Morgan fingerprint density at radius 1 is 0.893 bits per heavy atom. The van der Waals surface area contributed by atoms with Gasteiger partial charge < -0.3 is 24.8 Å². The van der Waals surface area contributed by atoms with Crippen molar-refractivity contribution in [2.75, 3.05) is 19.6 Å². The van der Waals surface area contributed by atoms with Crippen molar-refractivity contribution >= 4 is 35.6 Å². The lowest BCUT2D eigenvalue weighted by Crippen LogP contribution is -2.65. The molecule has 0 spiro atoms. The van der Waals surface area contributed by atoms with Crippen molar-refractivity contribution < 1.29 is 23.7 Å². The summed E-state index contributed by atoms with van der Waals surface area (Å²) in [5, 5.41) is 8.75. The molecule has 2 bridgehead atoms. The Hall–Kier alpha value is -2.95. The Kier molecular flexibility index (Phi) is 11.9. The minimum Gasteiger partial charge on any atom is -0.404 e. The first-order valence-corrected chi connectivity index (χ1v) is 22.5. The number of amides is 3. The zero-order chi connectivity index (χ0) is 39.0. The molecule has 9 nitrogen and oxygen atoms in total. The third-order valence-electron chi connectivity index (χ3n) is 15.4. The van der Waals surface area contributed by atoms with E-state index in [-0.39, 0.29) is 46.8 Å². The van der Waals surface area contributed by atoms with Crippen molar-refractivity contribution in [3.8, 4) is 0 Å². The van der Waals surface area contributed by atoms with Gasteiger partial charge in [0.2, 0.25) is 11.8 Å². The van der Waals surface area contributed by atoms with E-state index >= 15 is 4.79 Å². The summed E-state index contributed by atoms with van der Waals surface area (Å²) >= 11 is 0. The minimum atomic E-state index is -0.702. The van der Waals surface area contributed by atoms with Gasteiger partial charge in [-0.3, -0.25) is 19.3 Å². The second-order valence-electron chi connectivity index (χ2n) is 19.3. The zero-order valence-corrected chi connectivity index (χ0v) is 34.6. The number of hydrogen-bond donors (Lipinski definition) is 2. The average Bonchev–Trinajstić information content (AvgIpc) is 3.82. The fraction of sp³-hybridized carbons (Fsp3) is 0.717. The van der Waals surface area contributed by atoms with Gasteiger partial charge in [0.05, 0.1) is 17.6 Å². The van der Waals surface area contributed by atoms with Gasteiger partial charge in [0.15, 0.2) is 0 Å². The molecule has 304 valence electrons. The summed E-state index contributed by atoms with van der Waals surface area (Å²) in [4.78, 5) is 48.2. The molecular weight excluding hydrogens is 699 g/mol. The molecule has 2 N–H and O–H groups in total. The predicted molar refractivity (Wildman–Crippen MR) is 222 cm³/mol. The highest BCUT2D eigenvalue weighted by Crippen LogP contribution is 2.65. The lowest BCUT2D eigenvalue weighted by atomic mass is 9.43. The third kappa shape index (κ3) is 7.92. The first-order valence-electron chi connectivity index (χ1n) is 22.5. The maximum Gasteiger partial charge on any atom is 0.481 e. The fourth-order valence-corrected chi connectivity index (χ4v) is 11.8. The lowest BCUT2D eigenvalue weighted by molar-refractivity contribution is -0.199. The Morgan fingerprint density at radius 2 is 1.64 bits per heavy atom. The van der Waals surface area contributed by atoms with E-state index in [0.717, 1.165) is 94.5 Å². The van der Waals surface area contributed by atoms with Gasteiger partial charge in [-0.1, -0.05) is 109 Å². The number of benzene rings is 2. The molecule has 8 atom stereocenters. The van der Waals surface area contributed by atoms with Crippen LogP contribution in [0.3, 0.4) is 0 Å². The maximum atomic E-state index is 15.1. The van der Waals surface area contributed by atoms with Crippen LogP contribution in [0, 0.1) is 23.2 Å². The van der Waals surface area contributed by atoms with E-state index in [2.05, 4.69) is 43.2 Å². The van der Waals surface area contributed by atoms with Gasteiger partial charge in [-0.15, -0.1) is 0 Å². The van der Waals surface area contributed by atoms with Crippen LogP contribution in [0.1, 0.15) is 141 Å². The van der Waals surface area contributed by atoms with E-state index in [1.807, 2.05) is 47.4 Å². The number of carbonyl (C=O) groups is 3. The molecule has 4 saturated carbocycles. The number of likely N-dealkylation sites (tertiary alicyclic amines) is 2. The van der Waals surface area contributed by atoms with E-state index < -0.39 is 19.2 Å². The Labute approximate surface area is 335 Å². The molecule has 3 saturated heterocycles. The highest BCUT2D eigenvalue weighted by Gasteiger charge is 2.68. The molecule has 56 heavy (non-hydrogen) atoms. The molecule has 3 aliphatic heterocycles. The number of hydrogen-bond acceptors (Lipinski definition) is 6. The number of nitrogens with one attached hydrogen (secondary N) is 2. The largest absolute Gasteiger partial charge is 0.481 e. The standard InChI is InChI=1S/C46H67BN4O5/c1-5-6-9-20-41(47-55-40-28-35-27-39(45(35,2)3)46(40,4)56-47)49-43(53)38-29-36(50-23-14-8-15-24-50)30-51(38)44(54)37(25-31-16-10-7-11-17-31)48-42(52)34-22-21-32-18-12-13-19-33(32)26-34/h12-13,18-19,21-22,26,31,35-41H,5-11,14-17,20,23-25,27-30H2,1-4H3,(H,48,52)(H,49,53)/t35-,36+,37+,38-,39-,40+,41-,46-/m0/s1. The van der Waals surface area contributed by atoms with Crippen LogP contribution in [0.5, 0.6) is 0 Å². The second-order valence-corrected chi connectivity index (χ2v) is 19.3. The predicted octanol–water partition coefficient (Wildman–Crippen LogP) is 7.70. The zero-order valence-electron chi connectivity index (χ0n) is 34.6. The smallest absolute Gasteiger partial charge is 0.404 e. The van der Waals surface area contributed by atoms with E-state index in [4.69, 9.17) is 9.31 Å². The van der Waals surface area contributed by atoms with Gasteiger partial charge in [0.1, 0.15) is 12.1 Å². The normalized spacial score (nSPS) is 31.4. The molecule has 9 rings (SSSR count). The van der Waals surface area contributed by atoms with Gasteiger partial charge in [-0.2, -0.15) is 0 Å². The third-order valence-corrected chi connectivity index (χ3v) is 15.4. The van der Waals surface area contributed by atoms with Crippen molar-refractivity contribution in [2.24, 2.45) is 23.2 Å². The van der Waals surface area contributed by atoms with E-state index in [9.17, 15) is 9.59 Å².